The van der Waals surface area contributed by atoms with Crippen molar-refractivity contribution < 1.29 is 4.74 Å². The molecule has 0 aromatic carbocycles. The summed E-state index contributed by atoms with van der Waals surface area (Å²) in [5.41, 5.74) is 0. The van der Waals surface area contributed by atoms with Gasteiger partial charge in [0.1, 0.15) is 0 Å². The van der Waals surface area contributed by atoms with Crippen LogP contribution in [0.4, 0.5) is 0 Å². The maximum atomic E-state index is 5.50. The molecule has 0 radical (unpaired) electrons. The highest BCUT2D eigenvalue weighted by atomic mass is 16.5. The predicted molar refractivity (Wildman–Crippen MR) is 58.4 cm³/mol. The molecular formula is C12H23NO. The van der Waals surface area contributed by atoms with E-state index in [2.05, 4.69) is 5.32 Å². The molecule has 1 N–H and O–H groups in total. The summed E-state index contributed by atoms with van der Waals surface area (Å²) in [5.74, 6) is 0. The van der Waals surface area contributed by atoms with Crippen molar-refractivity contribution in [1.29, 1.82) is 0 Å². The molecule has 2 aliphatic rings. The van der Waals surface area contributed by atoms with Gasteiger partial charge in [0.05, 0.1) is 6.10 Å². The number of rotatable bonds is 3. The van der Waals surface area contributed by atoms with Crippen LogP contribution in [0.1, 0.15) is 51.4 Å². The molecule has 2 nitrogen and oxygen atoms in total. The van der Waals surface area contributed by atoms with Gasteiger partial charge in [-0.2, -0.15) is 0 Å². The average Bonchev–Trinajstić information content (AvgIpc) is 2.67. The van der Waals surface area contributed by atoms with Crippen LogP contribution in [0.5, 0.6) is 0 Å². The summed E-state index contributed by atoms with van der Waals surface area (Å²) < 4.78 is 5.50. The lowest BCUT2D eigenvalue weighted by molar-refractivity contribution is 0.0791. The molecule has 0 aromatic heterocycles. The van der Waals surface area contributed by atoms with Gasteiger partial charge < -0.3 is 10.1 Å². The molecule has 2 rings (SSSR count). The summed E-state index contributed by atoms with van der Waals surface area (Å²) in [4.78, 5) is 0. The lowest BCUT2D eigenvalue weighted by Gasteiger charge is -2.29. The molecule has 0 bridgehead atoms. The summed E-state index contributed by atoms with van der Waals surface area (Å²) in [5, 5.41) is 3.79. The minimum absolute atomic E-state index is 0.483. The monoisotopic (exact) mass is 197 g/mol. The zero-order valence-electron chi connectivity index (χ0n) is 9.30. The van der Waals surface area contributed by atoms with Gasteiger partial charge in [0.25, 0.3) is 0 Å². The van der Waals surface area contributed by atoms with Crippen LogP contribution in [0.25, 0.3) is 0 Å². The van der Waals surface area contributed by atoms with E-state index < -0.39 is 0 Å². The Balaban J connectivity index is 1.77. The number of nitrogens with one attached hydrogen (secondary N) is 1. The second-order valence-corrected chi connectivity index (χ2v) is 4.81. The van der Waals surface area contributed by atoms with Gasteiger partial charge in [0, 0.05) is 19.2 Å². The lowest BCUT2D eigenvalue weighted by Crippen LogP contribution is -2.44. The van der Waals surface area contributed by atoms with Crippen LogP contribution < -0.4 is 5.32 Å². The third-order valence-electron chi connectivity index (χ3n) is 3.81. The molecular weight excluding hydrogens is 174 g/mol. The van der Waals surface area contributed by atoms with Gasteiger partial charge in [-0.05, 0) is 32.1 Å². The molecule has 0 aliphatic heterocycles. The van der Waals surface area contributed by atoms with Gasteiger partial charge >= 0.3 is 0 Å². The molecule has 14 heavy (non-hydrogen) atoms. The Morgan fingerprint density at radius 1 is 0.929 bits per heavy atom. The summed E-state index contributed by atoms with van der Waals surface area (Å²) in [6, 6.07) is 1.42. The first-order chi connectivity index (χ1) is 6.90. The van der Waals surface area contributed by atoms with Crippen molar-refractivity contribution in [2.24, 2.45) is 0 Å². The minimum Gasteiger partial charge on any atom is -0.380 e. The van der Waals surface area contributed by atoms with Crippen LogP contribution in [0.15, 0.2) is 0 Å². The maximum absolute atomic E-state index is 5.50. The molecule has 2 unspecified atom stereocenters. The third kappa shape index (κ3) is 2.48. The van der Waals surface area contributed by atoms with Crippen molar-refractivity contribution in [2.45, 2.75) is 69.6 Å². The normalized spacial score (nSPS) is 34.9. The number of ether oxygens (including phenoxy) is 1. The number of hydrogen-bond acceptors (Lipinski definition) is 2. The molecule has 0 heterocycles. The van der Waals surface area contributed by atoms with E-state index in [0.29, 0.717) is 12.1 Å². The number of hydrogen-bond donors (Lipinski definition) is 1. The highest BCUT2D eigenvalue weighted by Gasteiger charge is 2.29. The summed E-state index contributed by atoms with van der Waals surface area (Å²) in [6.07, 6.45) is 11.4. The van der Waals surface area contributed by atoms with Crippen LogP contribution in [-0.4, -0.2) is 25.3 Å². The van der Waals surface area contributed by atoms with E-state index in [0.717, 1.165) is 6.04 Å². The van der Waals surface area contributed by atoms with E-state index in [9.17, 15) is 0 Å². The Morgan fingerprint density at radius 2 is 1.71 bits per heavy atom. The van der Waals surface area contributed by atoms with Crippen molar-refractivity contribution >= 4 is 0 Å². The van der Waals surface area contributed by atoms with Gasteiger partial charge in [-0.1, -0.05) is 19.3 Å². The van der Waals surface area contributed by atoms with Crippen LogP contribution in [0.2, 0.25) is 0 Å². The molecule has 0 spiro atoms. The first kappa shape index (κ1) is 10.4. The highest BCUT2D eigenvalue weighted by Crippen LogP contribution is 2.25. The Labute approximate surface area is 87.4 Å². The topological polar surface area (TPSA) is 21.3 Å². The van der Waals surface area contributed by atoms with Crippen molar-refractivity contribution in [1.82, 2.24) is 5.32 Å². The lowest BCUT2D eigenvalue weighted by atomic mass is 9.94. The van der Waals surface area contributed by atoms with Gasteiger partial charge in [0.15, 0.2) is 0 Å². The molecule has 0 aromatic rings. The Hall–Kier alpha value is -0.0800. The SMILES string of the molecule is COC1CCCC1NC1CCCCC1. The molecule has 82 valence electrons. The fraction of sp³-hybridized carbons (Fsp3) is 1.00. The smallest absolute Gasteiger partial charge is 0.0724 e. The first-order valence-corrected chi connectivity index (χ1v) is 6.19. The van der Waals surface area contributed by atoms with Gasteiger partial charge in [0.2, 0.25) is 0 Å². The Kier molecular flexibility index (Phi) is 3.82. The summed E-state index contributed by atoms with van der Waals surface area (Å²) in [7, 11) is 1.85. The molecule has 2 atom stereocenters. The highest BCUT2D eigenvalue weighted by molar-refractivity contribution is 4.87. The van der Waals surface area contributed by atoms with E-state index in [1.165, 1.54) is 51.4 Å². The van der Waals surface area contributed by atoms with Crippen molar-refractivity contribution in [2.75, 3.05) is 7.11 Å². The first-order valence-electron chi connectivity index (χ1n) is 6.19. The van der Waals surface area contributed by atoms with E-state index in [1.807, 2.05) is 7.11 Å². The minimum atomic E-state index is 0.483. The van der Waals surface area contributed by atoms with E-state index in [1.54, 1.807) is 0 Å². The van der Waals surface area contributed by atoms with Crippen LogP contribution in [0, 0.1) is 0 Å². The fourth-order valence-electron chi connectivity index (χ4n) is 2.97. The van der Waals surface area contributed by atoms with Gasteiger partial charge in [-0.15, -0.1) is 0 Å². The summed E-state index contributed by atoms with van der Waals surface area (Å²) in [6.45, 7) is 0. The largest absolute Gasteiger partial charge is 0.380 e. The van der Waals surface area contributed by atoms with Crippen LogP contribution in [0.3, 0.4) is 0 Å². The second-order valence-electron chi connectivity index (χ2n) is 4.81. The van der Waals surface area contributed by atoms with Crippen LogP contribution in [-0.2, 0) is 4.74 Å². The van der Waals surface area contributed by atoms with Gasteiger partial charge in [-0.25, -0.2) is 0 Å². The number of methoxy groups -OCH3 is 1. The molecule has 0 amide bonds. The fourth-order valence-corrected chi connectivity index (χ4v) is 2.97. The standard InChI is InChI=1S/C12H23NO/c1-14-12-9-5-8-11(12)13-10-6-3-2-4-7-10/h10-13H,2-9H2,1H3. The van der Waals surface area contributed by atoms with Crippen molar-refractivity contribution in [3.8, 4) is 0 Å². The van der Waals surface area contributed by atoms with E-state index in [4.69, 9.17) is 4.74 Å². The molecule has 2 aliphatic carbocycles. The van der Waals surface area contributed by atoms with Gasteiger partial charge in [-0.3, -0.25) is 0 Å². The van der Waals surface area contributed by atoms with E-state index in [-0.39, 0.29) is 0 Å². The van der Waals surface area contributed by atoms with E-state index >= 15 is 0 Å². The molecule has 2 heteroatoms. The second kappa shape index (κ2) is 5.13. The van der Waals surface area contributed by atoms with Crippen molar-refractivity contribution in [3.63, 3.8) is 0 Å². The van der Waals surface area contributed by atoms with Crippen LogP contribution >= 0.6 is 0 Å². The Bertz CT molecular complexity index is 166. The molecule has 2 saturated carbocycles. The third-order valence-corrected chi connectivity index (χ3v) is 3.81. The van der Waals surface area contributed by atoms with Crippen molar-refractivity contribution in [3.05, 3.63) is 0 Å². The average molecular weight is 197 g/mol. The zero-order chi connectivity index (χ0) is 9.80. The maximum Gasteiger partial charge on any atom is 0.0724 e. The molecule has 0 saturated heterocycles. The quantitative estimate of drug-likeness (QED) is 0.750. The Morgan fingerprint density at radius 3 is 2.43 bits per heavy atom. The zero-order valence-corrected chi connectivity index (χ0v) is 9.30. The molecule has 2 fully saturated rings. The predicted octanol–water partition coefficient (Wildman–Crippen LogP) is 2.48. The summed E-state index contributed by atoms with van der Waals surface area (Å²) >= 11 is 0.